The molecule has 146 valence electrons. The van der Waals surface area contributed by atoms with Gasteiger partial charge in [0, 0.05) is 39.3 Å². The molecule has 0 aliphatic carbocycles. The van der Waals surface area contributed by atoms with Crippen LogP contribution in [0.25, 0.3) is 0 Å². The molecule has 1 saturated heterocycles. The number of thiophene rings is 1. The first-order valence-electron chi connectivity index (χ1n) is 9.11. The van der Waals surface area contributed by atoms with Crippen LogP contribution in [0, 0.1) is 0 Å². The van der Waals surface area contributed by atoms with Crippen LogP contribution in [0.2, 0.25) is 0 Å². The van der Waals surface area contributed by atoms with Crippen LogP contribution in [-0.2, 0) is 16.4 Å². The summed E-state index contributed by atoms with van der Waals surface area (Å²) in [5.41, 5.74) is 1.13. The second-order valence-electron chi connectivity index (χ2n) is 6.47. The van der Waals surface area contributed by atoms with Crippen LogP contribution < -0.4 is 5.32 Å². The first-order valence-corrected chi connectivity index (χ1v) is 11.6. The summed E-state index contributed by atoms with van der Waals surface area (Å²) in [6.45, 7) is 3.03. The number of rotatable bonds is 8. The number of carbonyl (C=O) groups is 1. The zero-order chi connectivity index (χ0) is 19.1. The Morgan fingerprint density at radius 3 is 2.48 bits per heavy atom. The Labute approximate surface area is 164 Å². The van der Waals surface area contributed by atoms with Gasteiger partial charge in [0.05, 0.1) is 10.6 Å². The highest BCUT2D eigenvalue weighted by atomic mass is 32.2. The summed E-state index contributed by atoms with van der Waals surface area (Å²) in [6, 6.07) is 13.6. The molecule has 2 aromatic rings. The summed E-state index contributed by atoms with van der Waals surface area (Å²) in [5, 5.41) is 5.02. The van der Waals surface area contributed by atoms with E-state index in [9.17, 15) is 13.2 Å². The maximum absolute atomic E-state index is 12.8. The van der Waals surface area contributed by atoms with Gasteiger partial charge in [-0.1, -0.05) is 36.4 Å². The molecule has 8 heteroatoms. The van der Waals surface area contributed by atoms with Crippen molar-refractivity contribution in [1.29, 1.82) is 0 Å². The van der Waals surface area contributed by atoms with E-state index in [0.717, 1.165) is 5.56 Å². The van der Waals surface area contributed by atoms with E-state index in [4.69, 9.17) is 0 Å². The number of amides is 1. The lowest BCUT2D eigenvalue weighted by molar-refractivity contribution is 0.0772. The molecule has 1 amide bonds. The van der Waals surface area contributed by atoms with Crippen LogP contribution in [0.3, 0.4) is 0 Å². The summed E-state index contributed by atoms with van der Waals surface area (Å²) >= 11 is 1.38. The molecule has 0 spiro atoms. The fraction of sp³-hybridized carbons (Fsp3) is 0.421. The third kappa shape index (κ3) is 5.62. The monoisotopic (exact) mass is 407 g/mol. The maximum atomic E-state index is 12.8. The van der Waals surface area contributed by atoms with Gasteiger partial charge < -0.3 is 10.2 Å². The summed E-state index contributed by atoms with van der Waals surface area (Å²) in [6.07, 6.45) is 0.700. The molecule has 0 atom stereocenters. The van der Waals surface area contributed by atoms with Gasteiger partial charge in [-0.3, -0.25) is 4.79 Å². The predicted octanol–water partition coefficient (Wildman–Crippen LogP) is 1.67. The van der Waals surface area contributed by atoms with Crippen LogP contribution in [0.15, 0.2) is 47.8 Å². The van der Waals surface area contributed by atoms with Gasteiger partial charge in [0.2, 0.25) is 10.0 Å². The summed E-state index contributed by atoms with van der Waals surface area (Å²) < 4.78 is 26.8. The predicted molar refractivity (Wildman–Crippen MR) is 109 cm³/mol. The van der Waals surface area contributed by atoms with E-state index in [1.807, 2.05) is 41.8 Å². The van der Waals surface area contributed by atoms with Gasteiger partial charge >= 0.3 is 0 Å². The number of nitrogens with zero attached hydrogens (tertiary/aromatic N) is 2. The van der Waals surface area contributed by atoms with Crippen molar-refractivity contribution in [1.82, 2.24) is 14.5 Å². The molecule has 1 aromatic carbocycles. The Kier molecular flexibility index (Phi) is 7.01. The second-order valence-corrected chi connectivity index (χ2v) is 9.51. The molecular weight excluding hydrogens is 382 g/mol. The first-order chi connectivity index (χ1) is 13.1. The molecule has 1 aliphatic heterocycles. The van der Waals surface area contributed by atoms with Gasteiger partial charge in [0.25, 0.3) is 5.91 Å². The van der Waals surface area contributed by atoms with Crippen molar-refractivity contribution >= 4 is 27.3 Å². The van der Waals surface area contributed by atoms with E-state index >= 15 is 0 Å². The van der Waals surface area contributed by atoms with Crippen molar-refractivity contribution in [3.05, 3.63) is 58.3 Å². The molecule has 1 aliphatic rings. The number of nitrogens with one attached hydrogen (secondary N) is 1. The minimum absolute atomic E-state index is 0.0428. The second kappa shape index (κ2) is 9.45. The number of sulfonamides is 1. The van der Waals surface area contributed by atoms with Gasteiger partial charge in [0.15, 0.2) is 0 Å². The topological polar surface area (TPSA) is 69.7 Å². The lowest BCUT2D eigenvalue weighted by Gasteiger charge is -2.28. The minimum Gasteiger partial charge on any atom is -0.337 e. The molecule has 3 rings (SSSR count). The Hall–Kier alpha value is -1.74. The molecule has 1 aromatic heterocycles. The normalized spacial score (nSPS) is 15.6. The number of hydrogen-bond acceptors (Lipinski definition) is 5. The average molecular weight is 408 g/mol. The lowest BCUT2D eigenvalue weighted by atomic mass is 10.1. The van der Waals surface area contributed by atoms with Gasteiger partial charge in [-0.25, -0.2) is 8.42 Å². The smallest absolute Gasteiger partial charge is 0.263 e. The van der Waals surface area contributed by atoms with E-state index in [1.54, 1.807) is 11.0 Å². The van der Waals surface area contributed by atoms with Crippen molar-refractivity contribution in [2.75, 3.05) is 45.0 Å². The third-order valence-electron chi connectivity index (χ3n) is 4.62. The quantitative estimate of drug-likeness (QED) is 0.723. The van der Waals surface area contributed by atoms with E-state index in [-0.39, 0.29) is 18.2 Å². The highest BCUT2D eigenvalue weighted by Gasteiger charge is 2.26. The Bertz CT molecular complexity index is 817. The molecule has 6 nitrogen and oxygen atoms in total. The van der Waals surface area contributed by atoms with Crippen LogP contribution in [0.4, 0.5) is 0 Å². The number of benzene rings is 1. The van der Waals surface area contributed by atoms with Crippen molar-refractivity contribution in [3.8, 4) is 0 Å². The lowest BCUT2D eigenvalue weighted by Crippen LogP contribution is -2.48. The SMILES string of the molecule is O=C(c1cccs1)N(CCc1ccccc1)CCS(=O)(=O)N1CCNCC1. The van der Waals surface area contributed by atoms with Gasteiger partial charge in [-0.05, 0) is 23.4 Å². The first kappa shape index (κ1) is 20.0. The van der Waals surface area contributed by atoms with Crippen molar-refractivity contribution < 1.29 is 13.2 Å². The Morgan fingerprint density at radius 2 is 1.81 bits per heavy atom. The average Bonchev–Trinajstić information content (AvgIpc) is 3.24. The summed E-state index contributed by atoms with van der Waals surface area (Å²) in [4.78, 5) is 15.1. The highest BCUT2D eigenvalue weighted by Crippen LogP contribution is 2.14. The largest absolute Gasteiger partial charge is 0.337 e. The standard InChI is InChI=1S/C19H25N3O3S2/c23-19(18-7-4-15-26-18)21(11-8-17-5-2-1-3-6-17)14-16-27(24,25)22-12-9-20-10-13-22/h1-7,15,20H,8-14,16H2. The fourth-order valence-electron chi connectivity index (χ4n) is 3.06. The zero-order valence-electron chi connectivity index (χ0n) is 15.2. The van der Waals surface area contributed by atoms with Crippen LogP contribution in [-0.4, -0.2) is 68.6 Å². The van der Waals surface area contributed by atoms with E-state index in [0.29, 0.717) is 44.0 Å². The van der Waals surface area contributed by atoms with Gasteiger partial charge in [0.1, 0.15) is 0 Å². The van der Waals surface area contributed by atoms with E-state index in [2.05, 4.69) is 5.32 Å². The molecule has 0 saturated carbocycles. The Morgan fingerprint density at radius 1 is 1.07 bits per heavy atom. The van der Waals surface area contributed by atoms with Crippen LogP contribution >= 0.6 is 11.3 Å². The zero-order valence-corrected chi connectivity index (χ0v) is 16.8. The molecule has 27 heavy (non-hydrogen) atoms. The molecule has 0 unspecified atom stereocenters. The fourth-order valence-corrected chi connectivity index (χ4v) is 5.20. The molecular formula is C19H25N3O3S2. The Balaban J connectivity index is 1.66. The third-order valence-corrected chi connectivity index (χ3v) is 7.33. The number of piperazine rings is 1. The summed E-state index contributed by atoms with van der Waals surface area (Å²) in [7, 11) is -3.36. The number of hydrogen-bond donors (Lipinski definition) is 1. The van der Waals surface area contributed by atoms with Crippen LogP contribution in [0.1, 0.15) is 15.2 Å². The molecule has 2 heterocycles. The van der Waals surface area contributed by atoms with Crippen molar-refractivity contribution in [2.24, 2.45) is 0 Å². The van der Waals surface area contributed by atoms with Gasteiger partial charge in [-0.2, -0.15) is 4.31 Å². The minimum atomic E-state index is -3.36. The van der Waals surface area contributed by atoms with Crippen molar-refractivity contribution in [2.45, 2.75) is 6.42 Å². The maximum Gasteiger partial charge on any atom is 0.263 e. The highest BCUT2D eigenvalue weighted by molar-refractivity contribution is 7.89. The molecule has 1 fully saturated rings. The van der Waals surface area contributed by atoms with E-state index in [1.165, 1.54) is 15.6 Å². The number of carbonyl (C=O) groups excluding carboxylic acids is 1. The van der Waals surface area contributed by atoms with E-state index < -0.39 is 10.0 Å². The molecule has 0 bridgehead atoms. The van der Waals surface area contributed by atoms with Crippen LogP contribution in [0.5, 0.6) is 0 Å². The van der Waals surface area contributed by atoms with Gasteiger partial charge in [-0.15, -0.1) is 11.3 Å². The molecule has 1 N–H and O–H groups in total. The van der Waals surface area contributed by atoms with Crippen molar-refractivity contribution in [3.63, 3.8) is 0 Å². The molecule has 0 radical (unpaired) electrons. The summed E-state index contributed by atoms with van der Waals surface area (Å²) in [5.74, 6) is -0.143.